The van der Waals surface area contributed by atoms with Crippen molar-refractivity contribution in [2.75, 3.05) is 11.9 Å². The summed E-state index contributed by atoms with van der Waals surface area (Å²) in [7, 11) is 0. The summed E-state index contributed by atoms with van der Waals surface area (Å²) in [5, 5.41) is 12.6. The van der Waals surface area contributed by atoms with Gasteiger partial charge in [0.25, 0.3) is 0 Å². The molecule has 0 saturated carbocycles. The van der Waals surface area contributed by atoms with E-state index < -0.39 is 11.9 Å². The van der Waals surface area contributed by atoms with E-state index in [4.69, 9.17) is 28.3 Å². The number of nitrogens with one attached hydrogen (secondary N) is 1. The minimum Gasteiger partial charge on any atom is -0.481 e. The van der Waals surface area contributed by atoms with Gasteiger partial charge in [0.05, 0.1) is 21.7 Å². The normalized spacial score (nSPS) is 12.2. The number of carboxylic acids is 1. The van der Waals surface area contributed by atoms with Crippen LogP contribution in [-0.2, 0) is 4.79 Å². The zero-order chi connectivity index (χ0) is 11.4. The second-order valence-electron chi connectivity index (χ2n) is 3.22. The predicted molar refractivity (Wildman–Crippen MR) is 61.8 cm³/mol. The molecule has 1 rings (SSSR count). The highest BCUT2D eigenvalue weighted by atomic mass is 35.5. The van der Waals surface area contributed by atoms with Gasteiger partial charge in [-0.15, -0.1) is 0 Å². The Morgan fingerprint density at radius 3 is 2.47 bits per heavy atom. The van der Waals surface area contributed by atoms with Crippen LogP contribution in [0.4, 0.5) is 5.69 Å². The fraction of sp³-hybridized carbons (Fsp3) is 0.300. The molecule has 1 atom stereocenters. The molecule has 0 heterocycles. The summed E-state index contributed by atoms with van der Waals surface area (Å²) in [6.45, 7) is 1.90. The molecule has 1 unspecified atom stereocenters. The summed E-state index contributed by atoms with van der Waals surface area (Å²) in [5.41, 5.74) is 0.578. The maximum absolute atomic E-state index is 10.6. The summed E-state index contributed by atoms with van der Waals surface area (Å²) >= 11 is 11.8. The van der Waals surface area contributed by atoms with Crippen molar-refractivity contribution in [2.45, 2.75) is 6.92 Å². The molecule has 0 amide bonds. The van der Waals surface area contributed by atoms with Crippen LogP contribution in [0.3, 0.4) is 0 Å². The molecule has 3 nitrogen and oxygen atoms in total. The van der Waals surface area contributed by atoms with Gasteiger partial charge in [-0.2, -0.15) is 0 Å². The van der Waals surface area contributed by atoms with Crippen molar-refractivity contribution in [2.24, 2.45) is 5.92 Å². The van der Waals surface area contributed by atoms with Crippen molar-refractivity contribution < 1.29 is 9.90 Å². The van der Waals surface area contributed by atoms with Crippen molar-refractivity contribution in [3.05, 3.63) is 28.2 Å². The van der Waals surface area contributed by atoms with Crippen molar-refractivity contribution in [1.82, 2.24) is 0 Å². The third-order valence-corrected chi connectivity index (χ3v) is 2.60. The lowest BCUT2D eigenvalue weighted by Gasteiger charge is -2.12. The molecule has 0 aliphatic heterocycles. The zero-order valence-electron chi connectivity index (χ0n) is 8.13. The van der Waals surface area contributed by atoms with E-state index in [1.807, 2.05) is 0 Å². The van der Waals surface area contributed by atoms with E-state index in [1.165, 1.54) is 0 Å². The Kier molecular flexibility index (Phi) is 4.24. The first-order chi connectivity index (χ1) is 7.02. The van der Waals surface area contributed by atoms with Gasteiger partial charge < -0.3 is 10.4 Å². The Balaban J connectivity index is 2.69. The number of hydrogen-bond acceptors (Lipinski definition) is 2. The van der Waals surface area contributed by atoms with Gasteiger partial charge in [0.1, 0.15) is 0 Å². The van der Waals surface area contributed by atoms with Crippen molar-refractivity contribution in [1.29, 1.82) is 0 Å². The minimum atomic E-state index is -0.856. The maximum Gasteiger partial charge on any atom is 0.308 e. The van der Waals surface area contributed by atoms with E-state index in [-0.39, 0.29) is 0 Å². The second-order valence-corrected chi connectivity index (χ2v) is 4.03. The third kappa shape index (κ3) is 3.29. The van der Waals surface area contributed by atoms with Crippen LogP contribution in [0.5, 0.6) is 0 Å². The molecule has 1 aromatic carbocycles. The lowest BCUT2D eigenvalue weighted by Crippen LogP contribution is -2.19. The highest BCUT2D eigenvalue weighted by Crippen LogP contribution is 2.29. The minimum absolute atomic E-state index is 0.290. The van der Waals surface area contributed by atoms with Crippen LogP contribution in [0.25, 0.3) is 0 Å². The van der Waals surface area contributed by atoms with Crippen LogP contribution in [0.15, 0.2) is 18.2 Å². The van der Waals surface area contributed by atoms with Crippen molar-refractivity contribution in [3.8, 4) is 0 Å². The van der Waals surface area contributed by atoms with Gasteiger partial charge in [0.15, 0.2) is 0 Å². The van der Waals surface area contributed by atoms with Gasteiger partial charge in [-0.1, -0.05) is 36.2 Å². The molecule has 82 valence electrons. The Bertz CT molecular complexity index is 348. The second kappa shape index (κ2) is 5.24. The number of para-hydroxylation sites is 1. The van der Waals surface area contributed by atoms with Gasteiger partial charge in [-0.3, -0.25) is 4.79 Å². The summed E-state index contributed by atoms with van der Waals surface area (Å²) < 4.78 is 0. The van der Waals surface area contributed by atoms with Gasteiger partial charge in [-0.05, 0) is 12.1 Å². The molecule has 0 aromatic heterocycles. The van der Waals surface area contributed by atoms with E-state index >= 15 is 0 Å². The number of hydrogen-bond donors (Lipinski definition) is 2. The maximum atomic E-state index is 10.6. The zero-order valence-corrected chi connectivity index (χ0v) is 9.64. The van der Waals surface area contributed by atoms with E-state index in [1.54, 1.807) is 25.1 Å². The Morgan fingerprint density at radius 1 is 1.47 bits per heavy atom. The average molecular weight is 248 g/mol. The average Bonchev–Trinajstić information content (AvgIpc) is 2.16. The fourth-order valence-corrected chi connectivity index (χ4v) is 1.54. The third-order valence-electron chi connectivity index (χ3n) is 1.97. The first-order valence-corrected chi connectivity index (χ1v) is 5.18. The van der Waals surface area contributed by atoms with E-state index in [0.717, 1.165) is 0 Å². The number of carbonyl (C=O) groups is 1. The van der Waals surface area contributed by atoms with Crippen LogP contribution < -0.4 is 5.32 Å². The Hall–Kier alpha value is -0.930. The molecule has 0 radical (unpaired) electrons. The van der Waals surface area contributed by atoms with Crippen LogP contribution in [0.1, 0.15) is 6.92 Å². The summed E-state index contributed by atoms with van der Waals surface area (Å²) in [5.74, 6) is -1.34. The molecule has 0 spiro atoms. The summed E-state index contributed by atoms with van der Waals surface area (Å²) in [6, 6.07) is 5.12. The number of anilines is 1. The Morgan fingerprint density at radius 2 is 2.00 bits per heavy atom. The first-order valence-electron chi connectivity index (χ1n) is 4.43. The number of aliphatic carboxylic acids is 1. The van der Waals surface area contributed by atoms with E-state index in [2.05, 4.69) is 5.32 Å². The molecule has 0 aliphatic carbocycles. The van der Waals surface area contributed by atoms with Crippen LogP contribution in [-0.4, -0.2) is 17.6 Å². The quantitative estimate of drug-likeness (QED) is 0.860. The first kappa shape index (κ1) is 12.1. The molecular weight excluding hydrogens is 237 g/mol. The lowest BCUT2D eigenvalue weighted by atomic mass is 10.2. The Labute approximate surface area is 98.0 Å². The highest BCUT2D eigenvalue weighted by molar-refractivity contribution is 6.39. The molecule has 0 saturated heterocycles. The van der Waals surface area contributed by atoms with Crippen molar-refractivity contribution >= 4 is 34.9 Å². The molecule has 0 bridgehead atoms. The molecule has 0 aliphatic rings. The highest BCUT2D eigenvalue weighted by Gasteiger charge is 2.12. The van der Waals surface area contributed by atoms with Gasteiger partial charge in [0.2, 0.25) is 0 Å². The van der Waals surface area contributed by atoms with Crippen LogP contribution in [0.2, 0.25) is 10.0 Å². The topological polar surface area (TPSA) is 49.3 Å². The van der Waals surface area contributed by atoms with Gasteiger partial charge in [0, 0.05) is 6.54 Å². The number of carboxylic acid groups (broad SMARTS) is 1. The molecule has 0 fully saturated rings. The molecule has 5 heteroatoms. The smallest absolute Gasteiger partial charge is 0.308 e. The summed E-state index contributed by atoms with van der Waals surface area (Å²) in [6.07, 6.45) is 0. The summed E-state index contributed by atoms with van der Waals surface area (Å²) in [4.78, 5) is 10.6. The standard InChI is InChI=1S/C10H11Cl2NO2/c1-6(10(14)15)5-13-9-7(11)3-2-4-8(9)12/h2-4,6,13H,5H2,1H3,(H,14,15). The number of benzene rings is 1. The monoisotopic (exact) mass is 247 g/mol. The lowest BCUT2D eigenvalue weighted by molar-refractivity contribution is -0.140. The molecular formula is C10H11Cl2NO2. The number of rotatable bonds is 4. The van der Waals surface area contributed by atoms with Crippen LogP contribution >= 0.6 is 23.2 Å². The van der Waals surface area contributed by atoms with E-state index in [0.29, 0.717) is 22.3 Å². The van der Waals surface area contributed by atoms with Crippen LogP contribution in [0, 0.1) is 5.92 Å². The predicted octanol–water partition coefficient (Wildman–Crippen LogP) is 3.13. The number of halogens is 2. The molecule has 15 heavy (non-hydrogen) atoms. The fourth-order valence-electron chi connectivity index (χ4n) is 1.01. The molecule has 2 N–H and O–H groups in total. The van der Waals surface area contributed by atoms with E-state index in [9.17, 15) is 4.79 Å². The molecule has 1 aromatic rings. The SMILES string of the molecule is CC(CNc1c(Cl)cccc1Cl)C(=O)O. The van der Waals surface area contributed by atoms with Crippen molar-refractivity contribution in [3.63, 3.8) is 0 Å². The largest absolute Gasteiger partial charge is 0.481 e. The van der Waals surface area contributed by atoms with Gasteiger partial charge >= 0.3 is 5.97 Å². The van der Waals surface area contributed by atoms with Gasteiger partial charge in [-0.25, -0.2) is 0 Å².